The Morgan fingerprint density at radius 1 is 1.13 bits per heavy atom. The summed E-state index contributed by atoms with van der Waals surface area (Å²) >= 11 is 1.38. The summed E-state index contributed by atoms with van der Waals surface area (Å²) in [6.07, 6.45) is 6.06. The number of carbonyl (C=O) groups is 2. The Kier molecular flexibility index (Phi) is 11.8. The van der Waals surface area contributed by atoms with Gasteiger partial charge in [0.1, 0.15) is 11.5 Å². The van der Waals surface area contributed by atoms with Gasteiger partial charge in [0.25, 0.3) is 0 Å². The molecule has 9 heteroatoms. The van der Waals surface area contributed by atoms with Crippen molar-refractivity contribution >= 4 is 28.9 Å². The number of thiophene rings is 1. The van der Waals surface area contributed by atoms with Gasteiger partial charge in [-0.25, -0.2) is 4.79 Å². The van der Waals surface area contributed by atoms with Crippen molar-refractivity contribution in [2.75, 3.05) is 51.0 Å². The number of unbranched alkanes of at least 4 members (excludes halogenated alkanes) is 3. The molecule has 39 heavy (non-hydrogen) atoms. The topological polar surface area (TPSA) is 88.5 Å². The summed E-state index contributed by atoms with van der Waals surface area (Å²) in [7, 11) is 0. The van der Waals surface area contributed by atoms with Crippen molar-refractivity contribution in [2.45, 2.75) is 70.6 Å². The summed E-state index contributed by atoms with van der Waals surface area (Å²) in [5.74, 6) is -0.212. The zero-order valence-corrected chi connectivity index (χ0v) is 23.8. The van der Waals surface area contributed by atoms with Crippen LogP contribution in [0.15, 0.2) is 36.4 Å². The van der Waals surface area contributed by atoms with Crippen molar-refractivity contribution < 1.29 is 28.9 Å². The number of amides is 1. The Balaban J connectivity index is 1.21. The number of rotatable bonds is 15. The molecule has 0 spiro atoms. The lowest BCUT2D eigenvalue weighted by molar-refractivity contribution is -0.117. The van der Waals surface area contributed by atoms with E-state index in [1.807, 2.05) is 35.2 Å². The van der Waals surface area contributed by atoms with Crippen LogP contribution in [0, 0.1) is 0 Å². The smallest absolute Gasteiger partial charge is 0.348 e. The minimum Gasteiger partial charge on any atom is -0.460 e. The molecule has 2 aliphatic rings. The van der Waals surface area contributed by atoms with E-state index < -0.39 is 6.10 Å². The molecule has 2 fully saturated rings. The van der Waals surface area contributed by atoms with E-state index in [-0.39, 0.29) is 17.9 Å². The zero-order chi connectivity index (χ0) is 27.5. The number of hydrogen-bond acceptors (Lipinski definition) is 8. The van der Waals surface area contributed by atoms with Gasteiger partial charge in [0.15, 0.2) is 0 Å². The molecule has 2 aromatic rings. The fourth-order valence-electron chi connectivity index (χ4n) is 5.07. The molecule has 1 N–H and O–H groups in total. The fraction of sp³-hybridized carbons (Fsp3) is 0.600. The molecule has 2 aliphatic heterocycles. The average Bonchev–Trinajstić information content (AvgIpc) is 3.58. The number of hydrogen-bond donors (Lipinski definition) is 1. The zero-order valence-electron chi connectivity index (χ0n) is 23.0. The Morgan fingerprint density at radius 3 is 2.69 bits per heavy atom. The number of nitrogens with zero attached hydrogens (tertiary/aromatic N) is 2. The van der Waals surface area contributed by atoms with Crippen molar-refractivity contribution in [3.8, 4) is 0 Å². The Morgan fingerprint density at radius 2 is 1.92 bits per heavy atom. The van der Waals surface area contributed by atoms with E-state index >= 15 is 0 Å². The molecule has 1 unspecified atom stereocenters. The first-order chi connectivity index (χ1) is 19.0. The lowest BCUT2D eigenvalue weighted by Gasteiger charge is -2.26. The summed E-state index contributed by atoms with van der Waals surface area (Å²) in [6.45, 7) is 7.26. The summed E-state index contributed by atoms with van der Waals surface area (Å²) in [5.41, 5.74) is 1.73. The number of aliphatic hydroxyl groups is 1. The second-order valence-electron chi connectivity index (χ2n) is 10.3. The Labute approximate surface area is 235 Å². The first-order valence-electron chi connectivity index (χ1n) is 14.3. The molecule has 1 aromatic heterocycles. The van der Waals surface area contributed by atoms with Crippen molar-refractivity contribution in [1.29, 1.82) is 0 Å². The van der Waals surface area contributed by atoms with Crippen molar-refractivity contribution in [3.63, 3.8) is 0 Å². The number of carbonyl (C=O) groups excluding carboxylic acids is 2. The number of esters is 1. The number of anilines is 1. The van der Waals surface area contributed by atoms with Crippen molar-refractivity contribution in [3.05, 3.63) is 51.7 Å². The van der Waals surface area contributed by atoms with Crippen molar-refractivity contribution in [2.24, 2.45) is 0 Å². The van der Waals surface area contributed by atoms with Gasteiger partial charge >= 0.3 is 5.97 Å². The molecular weight excluding hydrogens is 516 g/mol. The summed E-state index contributed by atoms with van der Waals surface area (Å²) in [4.78, 5) is 30.6. The largest absolute Gasteiger partial charge is 0.460 e. The van der Waals surface area contributed by atoms with Crippen LogP contribution in [0.4, 0.5) is 5.69 Å². The molecule has 1 amide bonds. The van der Waals surface area contributed by atoms with E-state index in [0.717, 1.165) is 74.7 Å². The number of benzene rings is 1. The van der Waals surface area contributed by atoms with Crippen LogP contribution in [0.2, 0.25) is 0 Å². The molecule has 214 valence electrons. The molecule has 0 saturated carbocycles. The second-order valence-corrected chi connectivity index (χ2v) is 11.5. The molecule has 3 heterocycles. The predicted octanol–water partition coefficient (Wildman–Crippen LogP) is 4.95. The van der Waals surface area contributed by atoms with Crippen LogP contribution in [0.1, 0.15) is 78.1 Å². The van der Waals surface area contributed by atoms with E-state index in [1.165, 1.54) is 24.2 Å². The monoisotopic (exact) mass is 558 g/mol. The molecule has 4 rings (SSSR count). The summed E-state index contributed by atoms with van der Waals surface area (Å²) in [6, 6.07) is 11.4. The van der Waals surface area contributed by atoms with Gasteiger partial charge < -0.3 is 24.2 Å². The highest BCUT2D eigenvalue weighted by atomic mass is 32.1. The van der Waals surface area contributed by atoms with Gasteiger partial charge in [-0.15, -0.1) is 11.3 Å². The van der Waals surface area contributed by atoms with E-state index in [1.54, 1.807) is 6.07 Å². The molecular formula is C30H42N2O6S. The van der Waals surface area contributed by atoms with Crippen LogP contribution in [0.5, 0.6) is 0 Å². The average molecular weight is 559 g/mol. The van der Waals surface area contributed by atoms with Gasteiger partial charge in [-0.1, -0.05) is 44.7 Å². The van der Waals surface area contributed by atoms with E-state index in [2.05, 4.69) is 11.8 Å². The molecule has 0 aliphatic carbocycles. The molecule has 8 nitrogen and oxygen atoms in total. The molecule has 2 atom stereocenters. The highest BCUT2D eigenvalue weighted by molar-refractivity contribution is 7.13. The third-order valence-corrected chi connectivity index (χ3v) is 8.41. The van der Waals surface area contributed by atoms with Crippen molar-refractivity contribution in [1.82, 2.24) is 4.90 Å². The SMILES string of the molecule is CCCCCCC(O)c1ccc(N2C(=O)CC[C@@H]2COCc2ccc(C(=O)OCCN3CCOCC3)s2)cc1. The summed E-state index contributed by atoms with van der Waals surface area (Å²) < 4.78 is 16.8. The maximum Gasteiger partial charge on any atom is 0.348 e. The maximum atomic E-state index is 12.7. The lowest BCUT2D eigenvalue weighted by Crippen LogP contribution is -2.38. The third-order valence-electron chi connectivity index (χ3n) is 7.37. The van der Waals surface area contributed by atoms with Gasteiger partial charge in [-0.2, -0.15) is 0 Å². The molecule has 0 radical (unpaired) electrons. The van der Waals surface area contributed by atoms with Gasteiger partial charge in [0.05, 0.1) is 38.6 Å². The standard InChI is InChI=1S/C30H42N2O6S/c1-2-3-4-5-6-27(33)23-7-9-24(10-8-23)32-25(11-14-29(32)34)21-37-22-26-12-13-28(39-26)30(35)38-20-17-31-15-18-36-19-16-31/h7-10,12-13,25,27,33H,2-6,11,14-22H2,1H3/t25-,27?/m1/s1. The van der Waals surface area contributed by atoms with E-state index in [4.69, 9.17) is 14.2 Å². The summed E-state index contributed by atoms with van der Waals surface area (Å²) in [5, 5.41) is 10.5. The second kappa shape index (κ2) is 15.5. The van der Waals surface area contributed by atoms with E-state index in [0.29, 0.717) is 31.1 Å². The third kappa shape index (κ3) is 8.85. The Hall–Kier alpha value is -2.30. The minimum atomic E-state index is -0.470. The predicted molar refractivity (Wildman–Crippen MR) is 152 cm³/mol. The molecule has 2 saturated heterocycles. The van der Waals surface area contributed by atoms with Crippen LogP contribution >= 0.6 is 11.3 Å². The first kappa shape index (κ1) is 29.7. The van der Waals surface area contributed by atoms with Gasteiger partial charge in [0, 0.05) is 36.6 Å². The molecule has 0 bridgehead atoms. The number of ether oxygens (including phenoxy) is 3. The van der Waals surface area contributed by atoms with Crippen LogP contribution in [-0.4, -0.2) is 74.0 Å². The highest BCUT2D eigenvalue weighted by Gasteiger charge is 2.32. The quantitative estimate of drug-likeness (QED) is 0.244. The lowest BCUT2D eigenvalue weighted by atomic mass is 10.0. The number of aliphatic hydroxyl groups excluding tert-OH is 1. The fourth-order valence-corrected chi connectivity index (χ4v) is 5.91. The highest BCUT2D eigenvalue weighted by Crippen LogP contribution is 2.29. The first-order valence-corrected chi connectivity index (χ1v) is 15.1. The van der Waals surface area contributed by atoms with Crippen LogP contribution in [0.3, 0.4) is 0 Å². The Bertz CT molecular complexity index is 1040. The molecule has 1 aromatic carbocycles. The number of morpholine rings is 1. The maximum absolute atomic E-state index is 12.7. The minimum absolute atomic E-state index is 0.0353. The van der Waals surface area contributed by atoms with Crippen LogP contribution < -0.4 is 4.90 Å². The van der Waals surface area contributed by atoms with Crippen LogP contribution in [0.25, 0.3) is 0 Å². The van der Waals surface area contributed by atoms with Gasteiger partial charge in [-0.3, -0.25) is 9.69 Å². The van der Waals surface area contributed by atoms with Gasteiger partial charge in [-0.05, 0) is 42.7 Å². The van der Waals surface area contributed by atoms with Gasteiger partial charge in [0.2, 0.25) is 5.91 Å². The normalized spacial score (nSPS) is 19.0. The van der Waals surface area contributed by atoms with E-state index in [9.17, 15) is 14.7 Å². The van der Waals surface area contributed by atoms with Crippen LogP contribution in [-0.2, 0) is 25.6 Å².